The first kappa shape index (κ1) is 24.9. The highest BCUT2D eigenvalue weighted by Gasteiger charge is 2.41. The second kappa shape index (κ2) is 8.30. The predicted octanol–water partition coefficient (Wildman–Crippen LogP) is 4.55. The molecule has 1 aromatic rings. The van der Waals surface area contributed by atoms with Gasteiger partial charge >= 0.3 is 5.97 Å². The molecule has 0 fully saturated rings. The first-order chi connectivity index (χ1) is 12.4. The number of hydrogen-bond acceptors (Lipinski definition) is 4. The van der Waals surface area contributed by atoms with Crippen LogP contribution in [0.2, 0.25) is 36.3 Å². The third kappa shape index (κ3) is 6.17. The summed E-state index contributed by atoms with van der Waals surface area (Å²) in [4.78, 5) is 21.9. The van der Waals surface area contributed by atoms with Crippen LogP contribution in [0.3, 0.4) is 0 Å². The number of carbonyl (C=O) groups is 1. The minimum atomic E-state index is -2.38. The Morgan fingerprint density at radius 1 is 1.14 bits per heavy atom. The van der Waals surface area contributed by atoms with E-state index in [1.54, 1.807) is 0 Å². The van der Waals surface area contributed by atoms with Crippen molar-refractivity contribution in [3.8, 4) is 5.75 Å². The van der Waals surface area contributed by atoms with Crippen molar-refractivity contribution in [1.82, 2.24) is 0 Å². The molecule has 1 atom stereocenters. The molecule has 0 aliphatic heterocycles. The number of carboxylic acids is 1. The fourth-order valence-corrected chi connectivity index (χ4v) is 4.10. The van der Waals surface area contributed by atoms with Crippen molar-refractivity contribution < 1.29 is 19.1 Å². The van der Waals surface area contributed by atoms with E-state index in [1.165, 1.54) is 0 Å². The Kier molecular flexibility index (Phi) is 7.37. The molecule has 1 rings (SSSR count). The number of hydrogen-bond donors (Lipinski definition) is 3. The van der Waals surface area contributed by atoms with Crippen molar-refractivity contribution >= 4 is 22.6 Å². The Morgan fingerprint density at radius 3 is 2.11 bits per heavy atom. The van der Waals surface area contributed by atoms with E-state index in [0.717, 1.165) is 16.9 Å². The summed E-state index contributed by atoms with van der Waals surface area (Å²) in [7, 11) is -4.46. The van der Waals surface area contributed by atoms with Crippen molar-refractivity contribution in [1.29, 1.82) is 0 Å². The molecular formula is C21H39NO4Si2. The molecule has 0 heterocycles. The largest absolute Gasteiger partial charge is 0.543 e. The van der Waals surface area contributed by atoms with Gasteiger partial charge in [0, 0.05) is 0 Å². The number of benzene rings is 1. The molecule has 0 amide bonds. The average molecular weight is 426 g/mol. The van der Waals surface area contributed by atoms with E-state index < -0.39 is 28.6 Å². The number of rotatable bonds is 8. The quantitative estimate of drug-likeness (QED) is 0.532. The fraction of sp³-hybridized carbons (Fsp3) is 0.667. The van der Waals surface area contributed by atoms with Gasteiger partial charge in [-0.1, -0.05) is 46.8 Å². The maximum Gasteiger partial charge on any atom is 0.320 e. The summed E-state index contributed by atoms with van der Waals surface area (Å²) in [5, 5.41) is 8.95. The summed E-state index contributed by atoms with van der Waals surface area (Å²) in [5.41, 5.74) is 7.64. The zero-order valence-corrected chi connectivity index (χ0v) is 21.0. The molecule has 0 saturated carbocycles. The average Bonchev–Trinajstić information content (AvgIpc) is 2.46. The highest BCUT2D eigenvalue weighted by atomic mass is 28.4. The van der Waals surface area contributed by atoms with E-state index in [0.29, 0.717) is 6.42 Å². The Balaban J connectivity index is 3.37. The van der Waals surface area contributed by atoms with E-state index in [-0.39, 0.29) is 16.5 Å². The van der Waals surface area contributed by atoms with Crippen LogP contribution in [0.5, 0.6) is 5.75 Å². The second-order valence-corrected chi connectivity index (χ2v) is 19.8. The lowest BCUT2D eigenvalue weighted by molar-refractivity contribution is -0.138. The van der Waals surface area contributed by atoms with Crippen LogP contribution in [-0.4, -0.2) is 38.5 Å². The molecule has 0 saturated heterocycles. The zero-order valence-electron chi connectivity index (χ0n) is 19.0. The van der Waals surface area contributed by atoms with E-state index >= 15 is 0 Å². The second-order valence-electron chi connectivity index (χ2n) is 10.6. The summed E-state index contributed by atoms with van der Waals surface area (Å²) in [6, 6.07) is 4.94. The van der Waals surface area contributed by atoms with Gasteiger partial charge in [0.25, 0.3) is 0 Å². The highest BCUT2D eigenvalue weighted by Crippen LogP contribution is 2.43. The van der Waals surface area contributed by atoms with Crippen molar-refractivity contribution in [3.63, 3.8) is 0 Å². The summed E-state index contributed by atoms with van der Waals surface area (Å²) in [5.74, 6) is -0.210. The van der Waals surface area contributed by atoms with Crippen molar-refractivity contribution in [3.05, 3.63) is 29.3 Å². The lowest BCUT2D eigenvalue weighted by atomic mass is 9.97. The molecule has 0 spiro atoms. The maximum absolute atomic E-state index is 11.1. The van der Waals surface area contributed by atoms with Crippen LogP contribution in [0.15, 0.2) is 18.2 Å². The molecule has 7 heteroatoms. The Labute approximate surface area is 172 Å². The van der Waals surface area contributed by atoms with Gasteiger partial charge in [0.2, 0.25) is 8.32 Å². The Morgan fingerprint density at radius 2 is 1.68 bits per heavy atom. The van der Waals surface area contributed by atoms with Crippen LogP contribution in [-0.2, 0) is 17.6 Å². The highest BCUT2D eigenvalue weighted by molar-refractivity contribution is 6.74. The van der Waals surface area contributed by atoms with Crippen LogP contribution >= 0.6 is 0 Å². The lowest BCUT2D eigenvalue weighted by Gasteiger charge is -2.39. The number of nitrogens with two attached hydrogens (primary N) is 1. The molecular weight excluding hydrogens is 386 g/mol. The molecule has 1 unspecified atom stereocenters. The Hall–Kier alpha value is -1.16. The maximum atomic E-state index is 11.1. The summed E-state index contributed by atoms with van der Waals surface area (Å²) in [6.07, 6.45) is 0.963. The molecule has 0 bridgehead atoms. The summed E-state index contributed by atoms with van der Waals surface area (Å²) in [6.45, 7) is 19.1. The van der Waals surface area contributed by atoms with Gasteiger partial charge in [0.1, 0.15) is 11.8 Å². The third-order valence-electron chi connectivity index (χ3n) is 6.36. The molecule has 0 aliphatic carbocycles. The van der Waals surface area contributed by atoms with Gasteiger partial charge < -0.3 is 20.1 Å². The van der Waals surface area contributed by atoms with Gasteiger partial charge in [-0.2, -0.15) is 0 Å². The van der Waals surface area contributed by atoms with Crippen LogP contribution in [0.1, 0.15) is 45.7 Å². The zero-order chi connectivity index (χ0) is 22.1. The van der Waals surface area contributed by atoms with E-state index in [2.05, 4.69) is 47.7 Å². The van der Waals surface area contributed by atoms with Gasteiger partial charge in [0.15, 0.2) is 8.32 Å². The van der Waals surface area contributed by atoms with Gasteiger partial charge in [-0.15, -0.1) is 0 Å². The smallest absolute Gasteiger partial charge is 0.320 e. The van der Waals surface area contributed by atoms with Gasteiger partial charge in [-0.25, -0.2) is 0 Å². The SMILES string of the molecule is CC(C)(Cc1ccc(CC(N)C(=O)O)cc1O[Si](C)(C)C(C)(C)C)[Si](C)(C)O. The minimum absolute atomic E-state index is 0.0399. The van der Waals surface area contributed by atoms with Crippen molar-refractivity contribution in [2.24, 2.45) is 5.73 Å². The number of carboxylic acid groups (broad SMARTS) is 1. The van der Waals surface area contributed by atoms with Gasteiger partial charge in [-0.3, -0.25) is 4.79 Å². The van der Waals surface area contributed by atoms with Crippen LogP contribution in [0.4, 0.5) is 0 Å². The molecule has 0 aliphatic rings. The molecule has 160 valence electrons. The molecule has 4 N–H and O–H groups in total. The minimum Gasteiger partial charge on any atom is -0.543 e. The molecule has 0 aromatic heterocycles. The third-order valence-corrected chi connectivity index (χ3v) is 14.2. The molecule has 28 heavy (non-hydrogen) atoms. The van der Waals surface area contributed by atoms with Crippen LogP contribution < -0.4 is 10.2 Å². The van der Waals surface area contributed by atoms with Crippen LogP contribution in [0.25, 0.3) is 0 Å². The fourth-order valence-electron chi connectivity index (χ4n) is 2.43. The molecule has 0 radical (unpaired) electrons. The van der Waals surface area contributed by atoms with Gasteiger partial charge in [0.05, 0.1) is 0 Å². The first-order valence-corrected chi connectivity index (χ1v) is 15.7. The normalized spacial score (nSPS) is 14.7. The van der Waals surface area contributed by atoms with Crippen molar-refractivity contribution in [2.45, 2.75) is 89.8 Å². The van der Waals surface area contributed by atoms with E-state index in [9.17, 15) is 9.59 Å². The molecule has 1 aromatic carbocycles. The molecule has 5 nitrogen and oxygen atoms in total. The Bertz CT molecular complexity index is 703. The predicted molar refractivity (Wildman–Crippen MR) is 121 cm³/mol. The van der Waals surface area contributed by atoms with Gasteiger partial charge in [-0.05, 0) is 66.3 Å². The summed E-state index contributed by atoms with van der Waals surface area (Å²) < 4.78 is 6.62. The monoisotopic (exact) mass is 425 g/mol. The summed E-state index contributed by atoms with van der Waals surface area (Å²) >= 11 is 0. The standard InChI is InChI=1S/C21H39NO4Si2/c1-20(2,3)28(8,9)26-18-13-15(12-17(22)19(23)24)10-11-16(18)14-21(4,5)27(6,7)25/h10-11,13,17,25H,12,14,22H2,1-9H3,(H,23,24). The number of aliphatic carboxylic acids is 1. The van der Waals surface area contributed by atoms with Crippen molar-refractivity contribution in [2.75, 3.05) is 0 Å². The van der Waals surface area contributed by atoms with Crippen LogP contribution in [0, 0.1) is 0 Å². The first-order valence-electron chi connectivity index (χ1n) is 9.89. The van der Waals surface area contributed by atoms with E-state index in [1.807, 2.05) is 31.3 Å². The lowest BCUT2D eigenvalue weighted by Crippen LogP contribution is -2.44. The van der Waals surface area contributed by atoms with E-state index in [4.69, 9.17) is 15.3 Å². The topological polar surface area (TPSA) is 92.8 Å².